The molecule has 2 rings (SSSR count). The lowest BCUT2D eigenvalue weighted by Crippen LogP contribution is -2.35. The van der Waals surface area contributed by atoms with E-state index in [0.717, 1.165) is 24.4 Å². The fourth-order valence-electron chi connectivity index (χ4n) is 1.51. The van der Waals surface area contributed by atoms with Crippen molar-refractivity contribution in [2.75, 3.05) is 13.1 Å². The quantitative estimate of drug-likeness (QED) is 0.915. The molecule has 0 radical (unpaired) electrons. The van der Waals surface area contributed by atoms with Crippen molar-refractivity contribution in [3.05, 3.63) is 15.5 Å². The number of hydrogen-bond acceptors (Lipinski definition) is 4. The number of nitrogens with one attached hydrogen (secondary N) is 1. The minimum Gasteiger partial charge on any atom is -0.371 e. The van der Waals surface area contributed by atoms with Crippen molar-refractivity contribution >= 4 is 35.3 Å². The van der Waals surface area contributed by atoms with E-state index >= 15 is 0 Å². The highest BCUT2D eigenvalue weighted by molar-refractivity contribution is 7.15. The molecule has 6 heteroatoms. The molecule has 3 nitrogen and oxygen atoms in total. The first-order chi connectivity index (χ1) is 6.84. The molecule has 1 aromatic rings. The number of ether oxygens (including phenoxy) is 1. The van der Waals surface area contributed by atoms with Gasteiger partial charge in [0.1, 0.15) is 0 Å². The van der Waals surface area contributed by atoms with Gasteiger partial charge in [-0.2, -0.15) is 0 Å². The average molecular weight is 269 g/mol. The fourth-order valence-corrected chi connectivity index (χ4v) is 2.41. The van der Waals surface area contributed by atoms with Gasteiger partial charge in [-0.3, -0.25) is 0 Å². The highest BCUT2D eigenvalue weighted by atomic mass is 35.5. The van der Waals surface area contributed by atoms with Gasteiger partial charge in [-0.1, -0.05) is 11.6 Å². The zero-order chi connectivity index (χ0) is 9.80. The largest absolute Gasteiger partial charge is 0.371 e. The molecule has 0 aromatic carbocycles. The number of aromatic nitrogens is 1. The smallest absolute Gasteiger partial charge is 0.183 e. The molecule has 15 heavy (non-hydrogen) atoms. The zero-order valence-corrected chi connectivity index (χ0v) is 10.6. The summed E-state index contributed by atoms with van der Waals surface area (Å²) in [7, 11) is 0. The van der Waals surface area contributed by atoms with Crippen LogP contribution in [0.5, 0.6) is 0 Å². The van der Waals surface area contributed by atoms with Gasteiger partial charge in [0.25, 0.3) is 0 Å². The summed E-state index contributed by atoms with van der Waals surface area (Å²) in [6, 6.07) is 0. The maximum Gasteiger partial charge on any atom is 0.183 e. The van der Waals surface area contributed by atoms with Crippen molar-refractivity contribution in [3.63, 3.8) is 0 Å². The van der Waals surface area contributed by atoms with Gasteiger partial charge in [-0.25, -0.2) is 4.98 Å². The Balaban J connectivity index is 0.00000112. The van der Waals surface area contributed by atoms with Crippen molar-refractivity contribution in [1.82, 2.24) is 10.3 Å². The summed E-state index contributed by atoms with van der Waals surface area (Å²) in [4.78, 5) is 5.07. The van der Waals surface area contributed by atoms with Crippen molar-refractivity contribution < 1.29 is 4.74 Å². The van der Waals surface area contributed by atoms with Crippen LogP contribution < -0.4 is 5.32 Å². The molecule has 1 aliphatic heterocycles. The Morgan fingerprint density at radius 2 is 2.53 bits per heavy atom. The van der Waals surface area contributed by atoms with Gasteiger partial charge in [0.2, 0.25) is 0 Å². The molecule has 1 saturated heterocycles. The first kappa shape index (κ1) is 13.2. The van der Waals surface area contributed by atoms with E-state index < -0.39 is 0 Å². The Bertz CT molecular complexity index is 289. The Morgan fingerprint density at radius 3 is 3.13 bits per heavy atom. The minimum atomic E-state index is 0. The van der Waals surface area contributed by atoms with Gasteiger partial charge < -0.3 is 10.1 Å². The molecule has 0 saturated carbocycles. The van der Waals surface area contributed by atoms with Crippen LogP contribution in [0.25, 0.3) is 0 Å². The second-order valence-corrected chi connectivity index (χ2v) is 5.06. The average Bonchev–Trinajstić information content (AvgIpc) is 2.63. The first-order valence-electron chi connectivity index (χ1n) is 4.77. The highest BCUT2D eigenvalue weighted by Gasteiger charge is 2.13. The number of thiazole rings is 1. The molecule has 1 fully saturated rings. The molecule has 1 atom stereocenters. The van der Waals surface area contributed by atoms with Gasteiger partial charge in [-0.05, 0) is 19.4 Å². The summed E-state index contributed by atoms with van der Waals surface area (Å²) < 4.78 is 6.32. The monoisotopic (exact) mass is 268 g/mol. The predicted octanol–water partition coefficient (Wildman–Crippen LogP) is 2.49. The number of rotatable bonds is 3. The number of halogens is 2. The van der Waals surface area contributed by atoms with Crippen LogP contribution in [0.2, 0.25) is 4.47 Å². The second kappa shape index (κ2) is 6.66. The van der Waals surface area contributed by atoms with Crippen LogP contribution >= 0.6 is 35.3 Å². The van der Waals surface area contributed by atoms with E-state index in [1.165, 1.54) is 17.8 Å². The SMILES string of the molecule is Cl.Clc1ncc(CO[C@H]2CCCNC2)s1. The van der Waals surface area contributed by atoms with Crippen LogP contribution in [-0.2, 0) is 11.3 Å². The predicted molar refractivity (Wildman–Crippen MR) is 65.1 cm³/mol. The molecule has 0 aliphatic carbocycles. The van der Waals surface area contributed by atoms with Gasteiger partial charge >= 0.3 is 0 Å². The Hall–Kier alpha value is 0.130. The van der Waals surface area contributed by atoms with Crippen LogP contribution in [0.15, 0.2) is 6.20 Å². The Labute approximate surface area is 105 Å². The fraction of sp³-hybridized carbons (Fsp3) is 0.667. The van der Waals surface area contributed by atoms with Gasteiger partial charge in [0.15, 0.2) is 4.47 Å². The molecule has 1 aromatic heterocycles. The van der Waals surface area contributed by atoms with Gasteiger partial charge in [0.05, 0.1) is 17.6 Å². The van der Waals surface area contributed by atoms with Crippen molar-refractivity contribution in [3.8, 4) is 0 Å². The lowest BCUT2D eigenvalue weighted by atomic mass is 10.1. The van der Waals surface area contributed by atoms with E-state index in [9.17, 15) is 0 Å². The van der Waals surface area contributed by atoms with E-state index in [1.807, 2.05) is 0 Å². The van der Waals surface area contributed by atoms with Crippen molar-refractivity contribution in [1.29, 1.82) is 0 Å². The van der Waals surface area contributed by atoms with Gasteiger partial charge in [-0.15, -0.1) is 23.7 Å². The summed E-state index contributed by atoms with van der Waals surface area (Å²) >= 11 is 7.21. The standard InChI is InChI=1S/C9H13ClN2OS.ClH/c10-9-12-5-8(14-9)6-13-7-2-1-3-11-4-7;/h5,7,11H,1-4,6H2;1H/t7-;/m0./s1. The lowest BCUT2D eigenvalue weighted by molar-refractivity contribution is 0.0266. The van der Waals surface area contributed by atoms with E-state index in [0.29, 0.717) is 17.2 Å². The molecule has 2 heterocycles. The summed E-state index contributed by atoms with van der Waals surface area (Å²) in [5, 5.41) is 3.31. The maximum absolute atomic E-state index is 5.73. The number of piperidine rings is 1. The molecule has 86 valence electrons. The lowest BCUT2D eigenvalue weighted by Gasteiger charge is -2.22. The van der Waals surface area contributed by atoms with Crippen LogP contribution in [0.1, 0.15) is 17.7 Å². The molecule has 0 spiro atoms. The topological polar surface area (TPSA) is 34.1 Å². The van der Waals surface area contributed by atoms with Crippen molar-refractivity contribution in [2.24, 2.45) is 0 Å². The molecule has 0 unspecified atom stereocenters. The second-order valence-electron chi connectivity index (χ2n) is 3.36. The summed E-state index contributed by atoms with van der Waals surface area (Å²) in [5.74, 6) is 0. The summed E-state index contributed by atoms with van der Waals surface area (Å²) in [6.45, 7) is 2.72. The van der Waals surface area contributed by atoms with E-state index in [2.05, 4.69) is 10.3 Å². The molecular formula is C9H14Cl2N2OS. The van der Waals surface area contributed by atoms with Crippen LogP contribution in [0.3, 0.4) is 0 Å². The summed E-state index contributed by atoms with van der Waals surface area (Å²) in [6.07, 6.45) is 4.49. The zero-order valence-electron chi connectivity index (χ0n) is 8.24. The number of hydrogen-bond donors (Lipinski definition) is 1. The first-order valence-corrected chi connectivity index (χ1v) is 5.96. The molecule has 0 amide bonds. The van der Waals surface area contributed by atoms with Crippen LogP contribution in [-0.4, -0.2) is 24.2 Å². The molecular weight excluding hydrogens is 255 g/mol. The Kier molecular flexibility index (Phi) is 5.86. The Morgan fingerprint density at radius 1 is 1.67 bits per heavy atom. The van der Waals surface area contributed by atoms with Gasteiger partial charge in [0, 0.05) is 12.7 Å². The van der Waals surface area contributed by atoms with E-state index in [4.69, 9.17) is 16.3 Å². The molecule has 1 N–H and O–H groups in total. The van der Waals surface area contributed by atoms with Crippen molar-refractivity contribution in [2.45, 2.75) is 25.6 Å². The van der Waals surface area contributed by atoms with Crippen LogP contribution in [0.4, 0.5) is 0 Å². The van der Waals surface area contributed by atoms with E-state index in [-0.39, 0.29) is 12.4 Å². The normalized spacial score (nSPS) is 21.0. The molecule has 0 bridgehead atoms. The molecule has 1 aliphatic rings. The summed E-state index contributed by atoms with van der Waals surface area (Å²) in [5.41, 5.74) is 0. The number of nitrogens with zero attached hydrogens (tertiary/aromatic N) is 1. The minimum absolute atomic E-state index is 0. The highest BCUT2D eigenvalue weighted by Crippen LogP contribution is 2.19. The third kappa shape index (κ3) is 4.25. The maximum atomic E-state index is 5.73. The van der Waals surface area contributed by atoms with E-state index in [1.54, 1.807) is 6.20 Å². The van der Waals surface area contributed by atoms with Crippen LogP contribution in [0, 0.1) is 0 Å². The third-order valence-electron chi connectivity index (χ3n) is 2.24. The third-order valence-corrected chi connectivity index (χ3v) is 3.33.